The van der Waals surface area contributed by atoms with Gasteiger partial charge >= 0.3 is 0 Å². The van der Waals surface area contributed by atoms with Crippen molar-refractivity contribution < 1.29 is 13.2 Å². The lowest BCUT2D eigenvalue weighted by Gasteiger charge is -2.05. The van der Waals surface area contributed by atoms with Gasteiger partial charge in [-0.2, -0.15) is 0 Å². The maximum Gasteiger partial charge on any atom is 0.175 e. The Labute approximate surface area is 113 Å². The molecule has 0 unspecified atom stereocenters. The number of methoxy groups -OCH3 is 1. The Morgan fingerprint density at radius 3 is 1.79 bits per heavy atom. The zero-order valence-electron chi connectivity index (χ0n) is 11.0. The summed E-state index contributed by atoms with van der Waals surface area (Å²) in [5, 5.41) is 0. The molecule has 2 rings (SSSR count). The van der Waals surface area contributed by atoms with Crippen LogP contribution in [0.5, 0.6) is 5.75 Å². The van der Waals surface area contributed by atoms with E-state index in [2.05, 4.69) is 0 Å². The smallest absolute Gasteiger partial charge is 0.175 e. The standard InChI is InChI=1S/C15H16O3S/c1-18-14-7-3-12(4-8-14)11-13-5-9-15(10-6-13)19(2,16)17/h3-10H,11H2,1-2H3. The highest BCUT2D eigenvalue weighted by Gasteiger charge is 2.06. The van der Waals surface area contributed by atoms with Crippen molar-refractivity contribution in [2.24, 2.45) is 0 Å². The van der Waals surface area contributed by atoms with Crippen LogP contribution in [0.2, 0.25) is 0 Å². The van der Waals surface area contributed by atoms with Crippen molar-refractivity contribution in [3.8, 4) is 5.75 Å². The predicted octanol–water partition coefficient (Wildman–Crippen LogP) is 2.69. The summed E-state index contributed by atoms with van der Waals surface area (Å²) in [6.07, 6.45) is 1.99. The summed E-state index contributed by atoms with van der Waals surface area (Å²) in [7, 11) is -1.48. The molecule has 0 spiro atoms. The number of hydrogen-bond acceptors (Lipinski definition) is 3. The normalized spacial score (nSPS) is 11.3. The van der Waals surface area contributed by atoms with E-state index in [9.17, 15) is 8.42 Å². The van der Waals surface area contributed by atoms with Crippen LogP contribution in [0.4, 0.5) is 0 Å². The zero-order chi connectivity index (χ0) is 13.9. The Morgan fingerprint density at radius 2 is 1.37 bits per heavy atom. The Balaban J connectivity index is 2.15. The van der Waals surface area contributed by atoms with Gasteiger partial charge in [-0.15, -0.1) is 0 Å². The Kier molecular flexibility index (Phi) is 3.90. The molecule has 0 saturated carbocycles. The summed E-state index contributed by atoms with van der Waals surface area (Å²) in [5.74, 6) is 0.830. The molecule has 0 radical (unpaired) electrons. The lowest BCUT2D eigenvalue weighted by atomic mass is 10.1. The molecule has 100 valence electrons. The number of rotatable bonds is 4. The first-order chi connectivity index (χ1) is 8.99. The van der Waals surface area contributed by atoms with Crippen molar-refractivity contribution in [2.45, 2.75) is 11.3 Å². The van der Waals surface area contributed by atoms with Gasteiger partial charge in [-0.05, 0) is 41.8 Å². The Hall–Kier alpha value is -1.81. The van der Waals surface area contributed by atoms with Gasteiger partial charge in [0.15, 0.2) is 9.84 Å². The number of hydrogen-bond donors (Lipinski definition) is 0. The Morgan fingerprint density at radius 1 is 0.895 bits per heavy atom. The van der Waals surface area contributed by atoms with Crippen molar-refractivity contribution in [3.63, 3.8) is 0 Å². The highest BCUT2D eigenvalue weighted by atomic mass is 32.2. The molecule has 0 amide bonds. The average Bonchev–Trinajstić information content (AvgIpc) is 2.39. The van der Waals surface area contributed by atoms with E-state index < -0.39 is 9.84 Å². The minimum Gasteiger partial charge on any atom is -0.497 e. The lowest BCUT2D eigenvalue weighted by molar-refractivity contribution is 0.414. The second-order valence-electron chi connectivity index (χ2n) is 4.44. The highest BCUT2D eigenvalue weighted by Crippen LogP contribution is 2.16. The highest BCUT2D eigenvalue weighted by molar-refractivity contribution is 7.90. The summed E-state index contributed by atoms with van der Waals surface area (Å²) < 4.78 is 27.8. The summed E-state index contributed by atoms with van der Waals surface area (Å²) in [6, 6.07) is 14.8. The molecule has 0 aromatic heterocycles. The molecule has 0 N–H and O–H groups in total. The summed E-state index contributed by atoms with van der Waals surface area (Å²) in [6.45, 7) is 0. The molecule has 0 bridgehead atoms. The third-order valence-electron chi connectivity index (χ3n) is 2.92. The van der Waals surface area contributed by atoms with Gasteiger partial charge < -0.3 is 4.74 Å². The molecule has 0 aliphatic heterocycles. The molecule has 2 aromatic rings. The molecule has 0 heterocycles. The second-order valence-corrected chi connectivity index (χ2v) is 6.46. The van der Waals surface area contributed by atoms with Gasteiger partial charge in [-0.1, -0.05) is 24.3 Å². The summed E-state index contributed by atoms with van der Waals surface area (Å²) in [4.78, 5) is 0.353. The van der Waals surface area contributed by atoms with Crippen LogP contribution >= 0.6 is 0 Å². The number of sulfone groups is 1. The topological polar surface area (TPSA) is 43.4 Å². The van der Waals surface area contributed by atoms with Crippen molar-refractivity contribution in [1.29, 1.82) is 0 Å². The Bertz CT molecular complexity index is 641. The van der Waals surface area contributed by atoms with Gasteiger partial charge in [0, 0.05) is 6.26 Å². The van der Waals surface area contributed by atoms with Gasteiger partial charge in [0.25, 0.3) is 0 Å². The first-order valence-corrected chi connectivity index (χ1v) is 7.80. The largest absolute Gasteiger partial charge is 0.497 e. The van der Waals surface area contributed by atoms with E-state index in [0.29, 0.717) is 4.90 Å². The van der Waals surface area contributed by atoms with E-state index in [1.807, 2.05) is 36.4 Å². The quantitative estimate of drug-likeness (QED) is 0.862. The van der Waals surface area contributed by atoms with Crippen LogP contribution < -0.4 is 4.74 Å². The fourth-order valence-corrected chi connectivity index (χ4v) is 2.46. The van der Waals surface area contributed by atoms with Crippen LogP contribution in [0.3, 0.4) is 0 Å². The molecule has 4 heteroatoms. The molecule has 0 aliphatic rings. The van der Waals surface area contributed by atoms with E-state index in [0.717, 1.165) is 23.3 Å². The van der Waals surface area contributed by atoms with Crippen LogP contribution in [0, 0.1) is 0 Å². The third-order valence-corrected chi connectivity index (χ3v) is 4.05. The van der Waals surface area contributed by atoms with Crippen LogP contribution in [0.25, 0.3) is 0 Å². The van der Waals surface area contributed by atoms with E-state index >= 15 is 0 Å². The van der Waals surface area contributed by atoms with Crippen molar-refractivity contribution in [1.82, 2.24) is 0 Å². The zero-order valence-corrected chi connectivity index (χ0v) is 11.8. The third kappa shape index (κ3) is 3.58. The molecular weight excluding hydrogens is 260 g/mol. The fraction of sp³-hybridized carbons (Fsp3) is 0.200. The van der Waals surface area contributed by atoms with Crippen molar-refractivity contribution in [3.05, 3.63) is 59.7 Å². The van der Waals surface area contributed by atoms with E-state index in [1.54, 1.807) is 19.2 Å². The fourth-order valence-electron chi connectivity index (χ4n) is 1.83. The maximum atomic E-state index is 11.4. The minimum atomic E-state index is -3.12. The first kappa shape index (κ1) is 13.6. The molecular formula is C15H16O3S. The molecule has 0 saturated heterocycles. The maximum absolute atomic E-state index is 11.4. The van der Waals surface area contributed by atoms with Crippen molar-refractivity contribution in [2.75, 3.05) is 13.4 Å². The van der Waals surface area contributed by atoms with Gasteiger partial charge in [0.05, 0.1) is 12.0 Å². The van der Waals surface area contributed by atoms with Gasteiger partial charge in [-0.3, -0.25) is 0 Å². The van der Waals surface area contributed by atoms with Gasteiger partial charge in [0.2, 0.25) is 0 Å². The van der Waals surface area contributed by atoms with Crippen LogP contribution in [-0.4, -0.2) is 21.8 Å². The number of ether oxygens (including phenoxy) is 1. The van der Waals surface area contributed by atoms with Gasteiger partial charge in [0.1, 0.15) is 5.75 Å². The molecule has 2 aromatic carbocycles. The predicted molar refractivity (Wildman–Crippen MR) is 75.4 cm³/mol. The molecule has 0 atom stereocenters. The SMILES string of the molecule is COc1ccc(Cc2ccc(S(C)(=O)=O)cc2)cc1. The van der Waals surface area contributed by atoms with Crippen molar-refractivity contribution >= 4 is 9.84 Å². The summed E-state index contributed by atoms with van der Waals surface area (Å²) in [5.41, 5.74) is 2.24. The first-order valence-electron chi connectivity index (χ1n) is 5.91. The van der Waals surface area contributed by atoms with Crippen LogP contribution in [-0.2, 0) is 16.3 Å². The molecule has 0 fully saturated rings. The summed E-state index contributed by atoms with van der Waals surface area (Å²) >= 11 is 0. The lowest BCUT2D eigenvalue weighted by Crippen LogP contribution is -1.97. The van der Waals surface area contributed by atoms with Gasteiger partial charge in [-0.25, -0.2) is 8.42 Å². The number of benzene rings is 2. The van der Waals surface area contributed by atoms with E-state index in [1.165, 1.54) is 6.26 Å². The van der Waals surface area contributed by atoms with E-state index in [-0.39, 0.29) is 0 Å². The van der Waals surface area contributed by atoms with Crippen LogP contribution in [0.1, 0.15) is 11.1 Å². The monoisotopic (exact) mass is 276 g/mol. The second kappa shape index (κ2) is 5.45. The van der Waals surface area contributed by atoms with E-state index in [4.69, 9.17) is 4.74 Å². The molecule has 3 nitrogen and oxygen atoms in total. The molecule has 19 heavy (non-hydrogen) atoms. The molecule has 0 aliphatic carbocycles. The average molecular weight is 276 g/mol. The van der Waals surface area contributed by atoms with Crippen LogP contribution in [0.15, 0.2) is 53.4 Å². The minimum absolute atomic E-state index is 0.353.